The fourth-order valence-corrected chi connectivity index (χ4v) is 5.64. The first-order valence-corrected chi connectivity index (χ1v) is 12.2. The van der Waals surface area contributed by atoms with E-state index in [0.717, 1.165) is 38.0 Å². The molecular weight excluding hydrogens is 445 g/mol. The lowest BCUT2D eigenvalue weighted by Gasteiger charge is -2.41. The minimum atomic E-state index is -4.77. The third-order valence-electron chi connectivity index (χ3n) is 7.33. The summed E-state index contributed by atoms with van der Waals surface area (Å²) >= 11 is 0. The van der Waals surface area contributed by atoms with E-state index in [4.69, 9.17) is 0 Å². The molecule has 2 saturated heterocycles. The highest BCUT2D eigenvalue weighted by atomic mass is 19.4. The minimum absolute atomic E-state index is 0.0138. The standard InChI is InChI=1S/C25H31F3N4O2/c1-16-15-31(13-10-21(16)30-11-3-4-12-30)24(33)22-17(2)29-32(23(22)18-8-9-18)19-6-5-7-20(14-19)34-25(26,27)28/h5-7,14,16,18,21H,3-4,8-13,15H2,1-2H3/t16-,21-/m0/s1. The summed E-state index contributed by atoms with van der Waals surface area (Å²) in [5.41, 5.74) is 2.49. The molecule has 0 radical (unpaired) electrons. The van der Waals surface area contributed by atoms with Crippen LogP contribution in [0.15, 0.2) is 24.3 Å². The number of alkyl halides is 3. The molecule has 1 aliphatic carbocycles. The number of benzene rings is 1. The molecule has 184 valence electrons. The van der Waals surface area contributed by atoms with Gasteiger partial charge in [0, 0.05) is 31.1 Å². The van der Waals surface area contributed by atoms with Crippen molar-refractivity contribution < 1.29 is 22.7 Å². The van der Waals surface area contributed by atoms with E-state index in [0.29, 0.717) is 42.0 Å². The van der Waals surface area contributed by atoms with Gasteiger partial charge >= 0.3 is 6.36 Å². The van der Waals surface area contributed by atoms with Gasteiger partial charge in [0.2, 0.25) is 0 Å². The topological polar surface area (TPSA) is 50.6 Å². The van der Waals surface area contributed by atoms with Gasteiger partial charge in [0.25, 0.3) is 5.91 Å². The van der Waals surface area contributed by atoms with E-state index in [1.807, 2.05) is 11.8 Å². The van der Waals surface area contributed by atoms with Gasteiger partial charge in [0.15, 0.2) is 0 Å². The van der Waals surface area contributed by atoms with Crippen LogP contribution in [0.1, 0.15) is 66.7 Å². The van der Waals surface area contributed by atoms with Crippen LogP contribution in [-0.2, 0) is 0 Å². The molecular formula is C25H31F3N4O2. The molecule has 1 amide bonds. The number of carbonyl (C=O) groups is 1. The quantitative estimate of drug-likeness (QED) is 0.616. The average molecular weight is 477 g/mol. The molecule has 2 aliphatic heterocycles. The SMILES string of the molecule is Cc1nn(-c2cccc(OC(F)(F)F)c2)c(C2CC2)c1C(=O)N1CC[C@H](N2CCCC2)[C@@H](C)C1. The van der Waals surface area contributed by atoms with Crippen molar-refractivity contribution in [1.29, 1.82) is 0 Å². The number of likely N-dealkylation sites (tertiary alicyclic amines) is 2. The number of aromatic nitrogens is 2. The van der Waals surface area contributed by atoms with Crippen molar-refractivity contribution >= 4 is 5.91 Å². The maximum atomic E-state index is 13.7. The summed E-state index contributed by atoms with van der Waals surface area (Å²) in [6, 6.07) is 6.32. The van der Waals surface area contributed by atoms with Crippen molar-refractivity contribution in [1.82, 2.24) is 19.6 Å². The van der Waals surface area contributed by atoms with E-state index in [-0.39, 0.29) is 17.6 Å². The molecule has 1 aromatic heterocycles. The van der Waals surface area contributed by atoms with E-state index in [1.54, 1.807) is 10.7 Å². The Balaban J connectivity index is 1.41. The van der Waals surface area contributed by atoms with Crippen LogP contribution in [0.25, 0.3) is 5.69 Å². The number of nitrogens with zero attached hydrogens (tertiary/aromatic N) is 4. The monoisotopic (exact) mass is 476 g/mol. The number of halogens is 3. The van der Waals surface area contributed by atoms with E-state index in [9.17, 15) is 18.0 Å². The lowest BCUT2D eigenvalue weighted by Crippen LogP contribution is -2.51. The number of hydrogen-bond acceptors (Lipinski definition) is 4. The summed E-state index contributed by atoms with van der Waals surface area (Å²) in [7, 11) is 0. The zero-order chi connectivity index (χ0) is 24.0. The van der Waals surface area contributed by atoms with Gasteiger partial charge < -0.3 is 9.64 Å². The summed E-state index contributed by atoms with van der Waals surface area (Å²) in [6.45, 7) is 7.77. The lowest BCUT2D eigenvalue weighted by molar-refractivity contribution is -0.274. The van der Waals surface area contributed by atoms with Crippen LogP contribution >= 0.6 is 0 Å². The van der Waals surface area contributed by atoms with Gasteiger partial charge in [-0.15, -0.1) is 13.2 Å². The number of ether oxygens (including phenoxy) is 1. The van der Waals surface area contributed by atoms with Gasteiger partial charge in [-0.05, 0) is 70.2 Å². The van der Waals surface area contributed by atoms with E-state index in [1.165, 1.54) is 31.0 Å². The highest BCUT2D eigenvalue weighted by molar-refractivity contribution is 5.97. The third kappa shape index (κ3) is 4.67. The maximum Gasteiger partial charge on any atom is 0.573 e. The predicted octanol–water partition coefficient (Wildman–Crippen LogP) is 4.90. The number of aryl methyl sites for hydroxylation is 1. The molecule has 2 atom stereocenters. The second kappa shape index (κ2) is 8.91. The lowest BCUT2D eigenvalue weighted by atomic mass is 9.92. The number of amides is 1. The van der Waals surface area contributed by atoms with Crippen LogP contribution in [0.4, 0.5) is 13.2 Å². The fraction of sp³-hybridized carbons (Fsp3) is 0.600. The van der Waals surface area contributed by atoms with E-state index >= 15 is 0 Å². The van der Waals surface area contributed by atoms with Crippen molar-refractivity contribution in [2.24, 2.45) is 5.92 Å². The summed E-state index contributed by atoms with van der Waals surface area (Å²) in [5, 5.41) is 4.62. The van der Waals surface area contributed by atoms with Crippen molar-refractivity contribution in [2.45, 2.75) is 64.3 Å². The minimum Gasteiger partial charge on any atom is -0.406 e. The molecule has 0 spiro atoms. The summed E-state index contributed by atoms with van der Waals surface area (Å²) in [5.74, 6) is 0.268. The molecule has 3 heterocycles. The molecule has 6 nitrogen and oxygen atoms in total. The number of rotatable bonds is 5. The second-order valence-electron chi connectivity index (χ2n) is 9.90. The zero-order valence-corrected chi connectivity index (χ0v) is 19.6. The van der Waals surface area contributed by atoms with Crippen LogP contribution in [0, 0.1) is 12.8 Å². The zero-order valence-electron chi connectivity index (χ0n) is 19.6. The molecule has 5 rings (SSSR count). The van der Waals surface area contributed by atoms with Crippen molar-refractivity contribution in [3.05, 3.63) is 41.2 Å². The van der Waals surface area contributed by atoms with Gasteiger partial charge in [-0.25, -0.2) is 4.68 Å². The number of hydrogen-bond donors (Lipinski definition) is 0. The van der Waals surface area contributed by atoms with Gasteiger partial charge in [0.1, 0.15) is 5.75 Å². The molecule has 0 N–H and O–H groups in total. The summed E-state index contributed by atoms with van der Waals surface area (Å²) < 4.78 is 43.9. The Bertz CT molecular complexity index is 1060. The van der Waals surface area contributed by atoms with Crippen LogP contribution in [0.3, 0.4) is 0 Å². The van der Waals surface area contributed by atoms with Crippen LogP contribution < -0.4 is 4.74 Å². The second-order valence-corrected chi connectivity index (χ2v) is 9.90. The summed E-state index contributed by atoms with van der Waals surface area (Å²) in [6.07, 6.45) is 0.594. The highest BCUT2D eigenvalue weighted by Crippen LogP contribution is 2.44. The highest BCUT2D eigenvalue weighted by Gasteiger charge is 2.39. The van der Waals surface area contributed by atoms with Gasteiger partial charge in [-0.1, -0.05) is 13.0 Å². The molecule has 34 heavy (non-hydrogen) atoms. The molecule has 0 unspecified atom stereocenters. The largest absolute Gasteiger partial charge is 0.573 e. The van der Waals surface area contributed by atoms with Crippen LogP contribution in [-0.4, -0.2) is 64.1 Å². The Morgan fingerprint density at radius 1 is 1.12 bits per heavy atom. The summed E-state index contributed by atoms with van der Waals surface area (Å²) in [4.78, 5) is 18.2. The molecule has 3 aliphatic rings. The molecule has 0 bridgehead atoms. The molecule has 2 aromatic rings. The average Bonchev–Trinajstić information content (AvgIpc) is 3.34. The van der Waals surface area contributed by atoms with Gasteiger partial charge in [-0.2, -0.15) is 5.10 Å². The molecule has 1 saturated carbocycles. The number of piperidine rings is 1. The van der Waals surface area contributed by atoms with Gasteiger partial charge in [-0.3, -0.25) is 9.69 Å². The number of carbonyl (C=O) groups excluding carboxylic acids is 1. The first-order valence-electron chi connectivity index (χ1n) is 12.2. The van der Waals surface area contributed by atoms with Crippen molar-refractivity contribution in [3.8, 4) is 11.4 Å². The van der Waals surface area contributed by atoms with E-state index < -0.39 is 6.36 Å². The first kappa shape index (κ1) is 23.2. The smallest absolute Gasteiger partial charge is 0.406 e. The first-order chi connectivity index (χ1) is 16.2. The Kier molecular flexibility index (Phi) is 6.08. The predicted molar refractivity (Wildman–Crippen MR) is 121 cm³/mol. The maximum absolute atomic E-state index is 13.7. The van der Waals surface area contributed by atoms with E-state index in [2.05, 4.69) is 21.7 Å². The molecule has 9 heteroatoms. The van der Waals surface area contributed by atoms with Crippen LogP contribution in [0.2, 0.25) is 0 Å². The Morgan fingerprint density at radius 3 is 2.50 bits per heavy atom. The Labute approximate surface area is 197 Å². The molecule has 3 fully saturated rings. The Morgan fingerprint density at radius 2 is 1.85 bits per heavy atom. The van der Waals surface area contributed by atoms with Crippen molar-refractivity contribution in [3.63, 3.8) is 0 Å². The third-order valence-corrected chi connectivity index (χ3v) is 7.33. The fourth-order valence-electron chi connectivity index (χ4n) is 5.64. The van der Waals surface area contributed by atoms with Crippen molar-refractivity contribution in [2.75, 3.05) is 26.2 Å². The van der Waals surface area contributed by atoms with Crippen LogP contribution in [0.5, 0.6) is 5.75 Å². The molecule has 1 aromatic carbocycles. The Hall–Kier alpha value is -2.55. The van der Waals surface area contributed by atoms with Gasteiger partial charge in [0.05, 0.1) is 22.6 Å². The normalized spacial score (nSPS) is 24.0.